The molecule has 0 radical (unpaired) electrons. The van der Waals surface area contributed by atoms with Gasteiger partial charge in [-0.15, -0.1) is 0 Å². The summed E-state index contributed by atoms with van der Waals surface area (Å²) in [5.74, 6) is -0.422. The van der Waals surface area contributed by atoms with Crippen molar-refractivity contribution in [1.29, 1.82) is 0 Å². The van der Waals surface area contributed by atoms with E-state index >= 15 is 0 Å². The standard InChI is InChI=1S/C14H25NO4/c1-8-18-12(16)11(10(4)9(2)3)15-13(17)19-14(5,6)7/h9H,8H2,1-7H3,(H,15,17)/b11-10-. The zero-order valence-corrected chi connectivity index (χ0v) is 12.9. The van der Waals surface area contributed by atoms with E-state index in [1.165, 1.54) is 0 Å². The maximum absolute atomic E-state index is 11.8. The van der Waals surface area contributed by atoms with Crippen molar-refractivity contribution in [3.05, 3.63) is 11.3 Å². The maximum Gasteiger partial charge on any atom is 0.412 e. The molecule has 0 rings (SSSR count). The van der Waals surface area contributed by atoms with Crippen molar-refractivity contribution in [3.63, 3.8) is 0 Å². The van der Waals surface area contributed by atoms with Gasteiger partial charge in [-0.3, -0.25) is 5.32 Å². The van der Waals surface area contributed by atoms with Crippen LogP contribution in [0.25, 0.3) is 0 Å². The summed E-state index contributed by atoms with van der Waals surface area (Å²) in [7, 11) is 0. The van der Waals surface area contributed by atoms with Crippen LogP contribution in [0.1, 0.15) is 48.5 Å². The molecule has 0 aromatic rings. The van der Waals surface area contributed by atoms with E-state index in [2.05, 4.69) is 5.32 Å². The van der Waals surface area contributed by atoms with Gasteiger partial charge < -0.3 is 9.47 Å². The molecule has 0 aliphatic carbocycles. The molecule has 0 spiro atoms. The predicted octanol–water partition coefficient (Wildman–Crippen LogP) is 3.00. The van der Waals surface area contributed by atoms with E-state index in [0.717, 1.165) is 5.57 Å². The lowest BCUT2D eigenvalue weighted by Gasteiger charge is -2.21. The summed E-state index contributed by atoms with van der Waals surface area (Å²) in [6, 6.07) is 0. The van der Waals surface area contributed by atoms with Gasteiger partial charge in [0.05, 0.1) is 6.61 Å². The van der Waals surface area contributed by atoms with Gasteiger partial charge in [-0.25, -0.2) is 9.59 Å². The Morgan fingerprint density at radius 2 is 1.74 bits per heavy atom. The molecule has 5 heteroatoms. The highest BCUT2D eigenvalue weighted by Crippen LogP contribution is 2.15. The second-order valence-corrected chi connectivity index (χ2v) is 5.56. The number of allylic oxidation sites excluding steroid dienone is 1. The maximum atomic E-state index is 11.8. The molecule has 110 valence electrons. The van der Waals surface area contributed by atoms with E-state index in [-0.39, 0.29) is 18.2 Å². The van der Waals surface area contributed by atoms with Gasteiger partial charge in [-0.1, -0.05) is 13.8 Å². The Hall–Kier alpha value is -1.52. The minimum atomic E-state index is -0.657. The number of hydrogen-bond donors (Lipinski definition) is 1. The second-order valence-electron chi connectivity index (χ2n) is 5.56. The fraction of sp³-hybridized carbons (Fsp3) is 0.714. The van der Waals surface area contributed by atoms with Crippen LogP contribution in [-0.4, -0.2) is 24.3 Å². The van der Waals surface area contributed by atoms with E-state index < -0.39 is 17.7 Å². The first kappa shape index (κ1) is 17.5. The van der Waals surface area contributed by atoms with E-state index in [1.807, 2.05) is 13.8 Å². The van der Waals surface area contributed by atoms with Gasteiger partial charge in [-0.2, -0.15) is 0 Å². The van der Waals surface area contributed by atoms with Crippen LogP contribution >= 0.6 is 0 Å². The van der Waals surface area contributed by atoms with Crippen LogP contribution in [0.3, 0.4) is 0 Å². The van der Waals surface area contributed by atoms with Gasteiger partial charge in [0.1, 0.15) is 11.3 Å². The first-order valence-corrected chi connectivity index (χ1v) is 6.46. The van der Waals surface area contributed by atoms with Gasteiger partial charge >= 0.3 is 12.1 Å². The van der Waals surface area contributed by atoms with Gasteiger partial charge in [0, 0.05) is 0 Å². The molecule has 0 saturated carbocycles. The molecule has 0 heterocycles. The third-order valence-electron chi connectivity index (χ3n) is 2.37. The molecule has 0 atom stereocenters. The van der Waals surface area contributed by atoms with Gasteiger partial charge in [-0.05, 0) is 46.1 Å². The molecule has 0 aromatic heterocycles. The highest BCUT2D eigenvalue weighted by atomic mass is 16.6. The molecule has 0 bridgehead atoms. The van der Waals surface area contributed by atoms with Gasteiger partial charge in [0.15, 0.2) is 0 Å². The first-order chi connectivity index (χ1) is 8.58. The van der Waals surface area contributed by atoms with Crippen molar-refractivity contribution in [1.82, 2.24) is 5.32 Å². The number of rotatable bonds is 4. The molecule has 0 saturated heterocycles. The van der Waals surface area contributed by atoms with Crippen LogP contribution in [-0.2, 0) is 14.3 Å². The highest BCUT2D eigenvalue weighted by molar-refractivity contribution is 5.93. The molecule has 1 N–H and O–H groups in total. The summed E-state index contributed by atoms with van der Waals surface area (Å²) in [6.07, 6.45) is -0.657. The number of amides is 1. The summed E-state index contributed by atoms with van der Waals surface area (Å²) in [4.78, 5) is 23.6. The molecule has 1 amide bonds. The lowest BCUT2D eigenvalue weighted by atomic mass is 10.0. The van der Waals surface area contributed by atoms with Crippen LogP contribution in [0, 0.1) is 5.92 Å². The molecule has 0 aliphatic heterocycles. The molecular weight excluding hydrogens is 246 g/mol. The van der Waals surface area contributed by atoms with Gasteiger partial charge in [0.25, 0.3) is 0 Å². The van der Waals surface area contributed by atoms with E-state index in [0.29, 0.717) is 0 Å². The average Bonchev–Trinajstić information content (AvgIpc) is 2.22. The lowest BCUT2D eigenvalue weighted by Crippen LogP contribution is -2.35. The van der Waals surface area contributed by atoms with Crippen LogP contribution < -0.4 is 5.32 Å². The van der Waals surface area contributed by atoms with Crippen molar-refractivity contribution >= 4 is 12.1 Å². The normalized spacial score (nSPS) is 12.8. The van der Waals surface area contributed by atoms with Crippen molar-refractivity contribution in [3.8, 4) is 0 Å². The zero-order valence-electron chi connectivity index (χ0n) is 12.9. The number of carbonyl (C=O) groups is 2. The van der Waals surface area contributed by atoms with Crippen LogP contribution in [0.15, 0.2) is 11.3 Å². The molecule has 19 heavy (non-hydrogen) atoms. The summed E-state index contributed by atoms with van der Waals surface area (Å²) < 4.78 is 10.1. The Bertz CT molecular complexity index is 364. The minimum absolute atomic E-state index is 0.120. The molecule has 0 aliphatic rings. The van der Waals surface area contributed by atoms with Crippen LogP contribution in [0.5, 0.6) is 0 Å². The number of ether oxygens (including phenoxy) is 2. The summed E-state index contributed by atoms with van der Waals surface area (Å²) in [5.41, 5.74) is 0.297. The molecule has 0 aromatic carbocycles. The molecular formula is C14H25NO4. The monoisotopic (exact) mass is 271 g/mol. The lowest BCUT2D eigenvalue weighted by molar-refractivity contribution is -0.139. The fourth-order valence-corrected chi connectivity index (χ4v) is 1.21. The molecule has 0 fully saturated rings. The highest BCUT2D eigenvalue weighted by Gasteiger charge is 2.22. The van der Waals surface area contributed by atoms with Crippen molar-refractivity contribution < 1.29 is 19.1 Å². The summed E-state index contributed by atoms with van der Waals surface area (Å²) in [5, 5.41) is 2.48. The van der Waals surface area contributed by atoms with Gasteiger partial charge in [0.2, 0.25) is 0 Å². The third kappa shape index (κ3) is 6.84. The van der Waals surface area contributed by atoms with E-state index in [4.69, 9.17) is 9.47 Å². The number of nitrogens with one attached hydrogen (secondary N) is 1. The third-order valence-corrected chi connectivity index (χ3v) is 2.37. The number of esters is 1. The Morgan fingerprint density at radius 1 is 1.21 bits per heavy atom. The number of hydrogen-bond acceptors (Lipinski definition) is 4. The topological polar surface area (TPSA) is 64.6 Å². The zero-order chi connectivity index (χ0) is 15.2. The van der Waals surface area contributed by atoms with E-state index in [1.54, 1.807) is 34.6 Å². The van der Waals surface area contributed by atoms with Crippen LogP contribution in [0.2, 0.25) is 0 Å². The minimum Gasteiger partial charge on any atom is -0.461 e. The Kier molecular flexibility index (Phi) is 6.59. The first-order valence-electron chi connectivity index (χ1n) is 6.46. The molecule has 5 nitrogen and oxygen atoms in total. The van der Waals surface area contributed by atoms with E-state index in [9.17, 15) is 9.59 Å². The smallest absolute Gasteiger partial charge is 0.412 e. The second kappa shape index (κ2) is 7.16. The largest absolute Gasteiger partial charge is 0.461 e. The number of carbonyl (C=O) groups excluding carboxylic acids is 2. The van der Waals surface area contributed by atoms with Crippen LogP contribution in [0.4, 0.5) is 4.79 Å². The number of alkyl carbamates (subject to hydrolysis) is 1. The molecule has 0 unspecified atom stereocenters. The van der Waals surface area contributed by atoms with Crippen molar-refractivity contribution in [2.75, 3.05) is 6.61 Å². The predicted molar refractivity (Wildman–Crippen MR) is 73.5 cm³/mol. The fourth-order valence-electron chi connectivity index (χ4n) is 1.21. The SMILES string of the molecule is CCOC(=O)/C(NC(=O)OC(C)(C)C)=C(\C)C(C)C. The average molecular weight is 271 g/mol. The van der Waals surface area contributed by atoms with Crippen molar-refractivity contribution in [2.45, 2.75) is 54.1 Å². The Labute approximate surface area is 115 Å². The summed E-state index contributed by atoms with van der Waals surface area (Å²) in [6.45, 7) is 12.9. The quantitative estimate of drug-likeness (QED) is 0.630. The Morgan fingerprint density at radius 3 is 2.11 bits per heavy atom. The van der Waals surface area contributed by atoms with Crippen molar-refractivity contribution in [2.24, 2.45) is 5.92 Å². The Balaban J connectivity index is 5.04. The summed E-state index contributed by atoms with van der Waals surface area (Å²) >= 11 is 0.